The molecule has 1 N–H and O–H groups in total. The van der Waals surface area contributed by atoms with Crippen LogP contribution < -0.4 is 0 Å². The second-order valence-electron chi connectivity index (χ2n) is 5.61. The Morgan fingerprint density at radius 2 is 2.17 bits per heavy atom. The summed E-state index contributed by atoms with van der Waals surface area (Å²) in [7, 11) is 0. The Kier molecular flexibility index (Phi) is 3.19. The van der Waals surface area contributed by atoms with Crippen LogP contribution in [0.4, 0.5) is 8.78 Å². The lowest BCUT2D eigenvalue weighted by Gasteiger charge is -2.25. The molecule has 0 spiro atoms. The van der Waals surface area contributed by atoms with Crippen molar-refractivity contribution in [3.8, 4) is 0 Å². The number of fused-ring (bicyclic) bond motifs is 2. The molecule has 0 radical (unpaired) electrons. The maximum absolute atomic E-state index is 13.8. The molecule has 23 heavy (non-hydrogen) atoms. The molecule has 1 aliphatic rings. The smallest absolute Gasteiger partial charge is 0.270 e. The minimum absolute atomic E-state index is 0.154. The number of benzene rings is 1. The molecule has 4 rings (SSSR count). The van der Waals surface area contributed by atoms with Crippen molar-refractivity contribution in [3.63, 3.8) is 0 Å². The van der Waals surface area contributed by atoms with Crippen molar-refractivity contribution in [3.05, 3.63) is 51.1 Å². The first-order valence-electron chi connectivity index (χ1n) is 7.23. The normalized spacial score (nSPS) is 14.3. The van der Waals surface area contributed by atoms with Crippen LogP contribution in [0.1, 0.15) is 26.1 Å². The molecule has 0 unspecified atom stereocenters. The summed E-state index contributed by atoms with van der Waals surface area (Å²) in [4.78, 5) is 22.7. The summed E-state index contributed by atoms with van der Waals surface area (Å²) in [5.74, 6) is -1.56. The van der Waals surface area contributed by atoms with Crippen molar-refractivity contribution in [2.75, 3.05) is 6.54 Å². The molecular weight excluding hydrogens is 320 g/mol. The van der Waals surface area contributed by atoms with Gasteiger partial charge in [-0.2, -0.15) is 0 Å². The molecule has 0 atom stereocenters. The molecule has 0 saturated carbocycles. The van der Waals surface area contributed by atoms with Gasteiger partial charge in [-0.25, -0.2) is 13.8 Å². The van der Waals surface area contributed by atoms with E-state index in [1.54, 1.807) is 16.2 Å². The Balaban J connectivity index is 1.66. The van der Waals surface area contributed by atoms with E-state index in [0.29, 0.717) is 24.9 Å². The predicted octanol–water partition coefficient (Wildman–Crippen LogP) is 3.41. The molecule has 3 heterocycles. The summed E-state index contributed by atoms with van der Waals surface area (Å²) < 4.78 is 27.0. The Morgan fingerprint density at radius 3 is 3.00 bits per heavy atom. The lowest BCUT2D eigenvalue weighted by molar-refractivity contribution is 0.0731. The quantitative estimate of drug-likeness (QED) is 0.742. The first-order chi connectivity index (χ1) is 11.0. The minimum Gasteiger partial charge on any atom is -0.348 e. The van der Waals surface area contributed by atoms with Gasteiger partial charge in [0.25, 0.3) is 5.91 Å². The summed E-state index contributed by atoms with van der Waals surface area (Å²) in [6.45, 7) is 3.03. The number of nitrogens with one attached hydrogen (secondary N) is 1. The Bertz CT molecular complexity index is 931. The van der Waals surface area contributed by atoms with Crippen LogP contribution in [0.25, 0.3) is 10.9 Å². The molecule has 0 aliphatic carbocycles. The summed E-state index contributed by atoms with van der Waals surface area (Å²) in [6.07, 6.45) is 0.717. The van der Waals surface area contributed by atoms with Crippen LogP contribution in [0.5, 0.6) is 0 Å². The van der Waals surface area contributed by atoms with E-state index < -0.39 is 11.6 Å². The number of carbonyl (C=O) groups excluding carboxylic acids is 1. The molecule has 0 fully saturated rings. The number of aryl methyl sites for hydroxylation is 1. The number of aromatic nitrogens is 2. The van der Waals surface area contributed by atoms with Gasteiger partial charge in [0.1, 0.15) is 17.3 Å². The highest BCUT2D eigenvalue weighted by Crippen LogP contribution is 2.27. The third-order valence-electron chi connectivity index (χ3n) is 4.00. The van der Waals surface area contributed by atoms with E-state index in [9.17, 15) is 13.6 Å². The van der Waals surface area contributed by atoms with Crippen molar-refractivity contribution in [1.82, 2.24) is 14.9 Å². The van der Waals surface area contributed by atoms with E-state index in [1.165, 1.54) is 12.1 Å². The zero-order valence-electron chi connectivity index (χ0n) is 12.3. The SMILES string of the molecule is Cc1nc2c(s1)CN(C(=O)c1cc3cc(F)cc(F)c3[nH]1)CC2. The fraction of sp³-hybridized carbons (Fsp3) is 0.250. The van der Waals surface area contributed by atoms with Crippen molar-refractivity contribution in [2.24, 2.45) is 0 Å². The van der Waals surface area contributed by atoms with Gasteiger partial charge in [-0.1, -0.05) is 0 Å². The molecule has 3 aromatic rings. The summed E-state index contributed by atoms with van der Waals surface area (Å²) in [5.41, 5.74) is 1.48. The molecule has 118 valence electrons. The Hall–Kier alpha value is -2.28. The first kappa shape index (κ1) is 14.3. The molecule has 1 aliphatic heterocycles. The zero-order chi connectivity index (χ0) is 16.1. The average Bonchev–Trinajstić information content (AvgIpc) is 3.07. The van der Waals surface area contributed by atoms with E-state index in [2.05, 4.69) is 9.97 Å². The van der Waals surface area contributed by atoms with Gasteiger partial charge < -0.3 is 9.88 Å². The number of rotatable bonds is 1. The second-order valence-corrected chi connectivity index (χ2v) is 6.90. The monoisotopic (exact) mass is 333 g/mol. The number of carbonyl (C=O) groups is 1. The maximum atomic E-state index is 13.8. The third-order valence-corrected chi connectivity index (χ3v) is 5.00. The van der Waals surface area contributed by atoms with Crippen LogP contribution in [0, 0.1) is 18.6 Å². The minimum atomic E-state index is -0.696. The van der Waals surface area contributed by atoms with Crippen molar-refractivity contribution in [2.45, 2.75) is 19.9 Å². The first-order valence-corrected chi connectivity index (χ1v) is 8.05. The van der Waals surface area contributed by atoms with Gasteiger partial charge in [-0.15, -0.1) is 11.3 Å². The number of hydrogen-bond acceptors (Lipinski definition) is 3. The number of nitrogens with zero attached hydrogens (tertiary/aromatic N) is 2. The van der Waals surface area contributed by atoms with E-state index in [0.717, 1.165) is 21.6 Å². The summed E-state index contributed by atoms with van der Waals surface area (Å²) in [5, 5.41) is 1.35. The second kappa shape index (κ2) is 5.13. The molecule has 1 amide bonds. The maximum Gasteiger partial charge on any atom is 0.270 e. The highest BCUT2D eigenvalue weighted by molar-refractivity contribution is 7.11. The van der Waals surface area contributed by atoms with E-state index >= 15 is 0 Å². The van der Waals surface area contributed by atoms with Crippen LogP contribution in [0.15, 0.2) is 18.2 Å². The zero-order valence-corrected chi connectivity index (χ0v) is 13.1. The van der Waals surface area contributed by atoms with E-state index in [1.807, 2.05) is 6.92 Å². The average molecular weight is 333 g/mol. The predicted molar refractivity (Wildman–Crippen MR) is 83.5 cm³/mol. The molecule has 0 bridgehead atoms. The largest absolute Gasteiger partial charge is 0.348 e. The van der Waals surface area contributed by atoms with Gasteiger partial charge >= 0.3 is 0 Å². The number of thiazole rings is 1. The van der Waals surface area contributed by atoms with Crippen LogP contribution in [-0.4, -0.2) is 27.3 Å². The number of H-pyrrole nitrogens is 1. The molecule has 2 aromatic heterocycles. The fourth-order valence-electron chi connectivity index (χ4n) is 2.95. The molecule has 1 aromatic carbocycles. The standard InChI is InChI=1S/C16H13F2N3OS/c1-8-19-12-2-3-21(7-14(12)23-8)16(22)13-5-9-4-10(17)6-11(18)15(9)20-13/h4-6,20H,2-3,7H2,1H3. The van der Waals surface area contributed by atoms with Gasteiger partial charge in [0.05, 0.1) is 22.8 Å². The highest BCUT2D eigenvalue weighted by Gasteiger charge is 2.25. The lowest BCUT2D eigenvalue weighted by atomic mass is 10.1. The number of aromatic amines is 1. The molecule has 4 nitrogen and oxygen atoms in total. The molecule has 7 heteroatoms. The summed E-state index contributed by atoms with van der Waals surface area (Å²) >= 11 is 1.59. The van der Waals surface area contributed by atoms with Crippen molar-refractivity contribution in [1.29, 1.82) is 0 Å². The van der Waals surface area contributed by atoms with Gasteiger partial charge in [0.15, 0.2) is 0 Å². The van der Waals surface area contributed by atoms with Crippen LogP contribution in [0.2, 0.25) is 0 Å². The van der Waals surface area contributed by atoms with Crippen molar-refractivity contribution < 1.29 is 13.6 Å². The number of amides is 1. The Labute approximate surface area is 134 Å². The lowest BCUT2D eigenvalue weighted by Crippen LogP contribution is -2.35. The Morgan fingerprint density at radius 1 is 1.35 bits per heavy atom. The highest BCUT2D eigenvalue weighted by atomic mass is 32.1. The third kappa shape index (κ3) is 2.41. The van der Waals surface area contributed by atoms with Crippen LogP contribution in [0.3, 0.4) is 0 Å². The summed E-state index contributed by atoms with van der Waals surface area (Å²) in [6, 6.07) is 3.52. The fourth-order valence-corrected chi connectivity index (χ4v) is 3.95. The van der Waals surface area contributed by atoms with Gasteiger partial charge in [0.2, 0.25) is 0 Å². The van der Waals surface area contributed by atoms with Gasteiger partial charge in [0, 0.05) is 29.3 Å². The van der Waals surface area contributed by atoms with Crippen LogP contribution in [-0.2, 0) is 13.0 Å². The van der Waals surface area contributed by atoms with Crippen LogP contribution >= 0.6 is 11.3 Å². The molecule has 0 saturated heterocycles. The van der Waals surface area contributed by atoms with E-state index in [4.69, 9.17) is 0 Å². The number of halogens is 2. The number of hydrogen-bond donors (Lipinski definition) is 1. The molecular formula is C16H13F2N3OS. The topological polar surface area (TPSA) is 49.0 Å². The van der Waals surface area contributed by atoms with Crippen molar-refractivity contribution >= 4 is 28.1 Å². The van der Waals surface area contributed by atoms with Gasteiger partial charge in [-0.05, 0) is 19.1 Å². The van der Waals surface area contributed by atoms with Gasteiger partial charge in [-0.3, -0.25) is 4.79 Å². The van der Waals surface area contributed by atoms with E-state index in [-0.39, 0.29) is 17.1 Å².